The van der Waals surface area contributed by atoms with E-state index < -0.39 is 22.1 Å². The molecule has 1 aromatic rings. The second-order valence-electron chi connectivity index (χ2n) is 4.39. The number of aliphatic hydroxyl groups excluding tert-OH is 1. The van der Waals surface area contributed by atoms with Crippen molar-refractivity contribution in [1.82, 2.24) is 4.72 Å². The van der Waals surface area contributed by atoms with Gasteiger partial charge in [0.05, 0.1) is 16.6 Å². The Labute approximate surface area is 118 Å². The quantitative estimate of drug-likeness (QED) is 0.697. The van der Waals surface area contributed by atoms with Gasteiger partial charge in [-0.3, -0.25) is 0 Å². The van der Waals surface area contributed by atoms with Gasteiger partial charge in [-0.15, -0.1) is 0 Å². The molecular formula is C13H19NO5S. The first-order chi connectivity index (χ1) is 9.31. The molecule has 0 saturated heterocycles. The minimum Gasteiger partial charge on any atom is -0.478 e. The van der Waals surface area contributed by atoms with Crippen molar-refractivity contribution in [2.24, 2.45) is 0 Å². The molecule has 0 saturated carbocycles. The van der Waals surface area contributed by atoms with Gasteiger partial charge in [0.25, 0.3) is 0 Å². The van der Waals surface area contributed by atoms with Crippen LogP contribution >= 0.6 is 0 Å². The molecule has 1 rings (SSSR count). The summed E-state index contributed by atoms with van der Waals surface area (Å²) in [5, 5.41) is 18.5. The lowest BCUT2D eigenvalue weighted by molar-refractivity contribution is 0.0695. The molecule has 0 amide bonds. The van der Waals surface area contributed by atoms with Crippen molar-refractivity contribution in [3.05, 3.63) is 29.3 Å². The molecule has 0 heterocycles. The molecule has 3 N–H and O–H groups in total. The summed E-state index contributed by atoms with van der Waals surface area (Å²) in [4.78, 5) is 11.0. The predicted molar refractivity (Wildman–Crippen MR) is 74.3 cm³/mol. The Morgan fingerprint density at radius 2 is 2.00 bits per heavy atom. The third-order valence-electron chi connectivity index (χ3n) is 2.98. The van der Waals surface area contributed by atoms with Crippen molar-refractivity contribution < 1.29 is 23.4 Å². The summed E-state index contributed by atoms with van der Waals surface area (Å²) in [6.07, 6.45) is 0.167. The Balaban J connectivity index is 3.07. The maximum atomic E-state index is 12.0. The van der Waals surface area contributed by atoms with E-state index in [0.717, 1.165) is 6.07 Å². The number of hydrogen-bond donors (Lipinski definition) is 3. The molecule has 0 aliphatic carbocycles. The Bertz CT molecular complexity index is 582. The summed E-state index contributed by atoms with van der Waals surface area (Å²) in [6.45, 7) is 3.43. The largest absolute Gasteiger partial charge is 0.478 e. The minimum atomic E-state index is -3.82. The van der Waals surface area contributed by atoms with Crippen LogP contribution < -0.4 is 4.72 Å². The van der Waals surface area contributed by atoms with E-state index in [0.29, 0.717) is 18.4 Å². The third kappa shape index (κ3) is 4.03. The van der Waals surface area contributed by atoms with E-state index >= 15 is 0 Å². The number of aliphatic hydroxyl groups is 1. The molecule has 0 fully saturated rings. The van der Waals surface area contributed by atoms with Crippen LogP contribution in [0.2, 0.25) is 0 Å². The standard InChI is InChI=1S/C13H19NO5S/c1-3-9-5-6-11(7-12(9)13(16)17)20(18,19)14-8-10(15)4-2/h5-7,10,14-15H,3-4,8H2,1-2H3,(H,16,17). The van der Waals surface area contributed by atoms with Crippen LogP contribution in [-0.4, -0.2) is 37.2 Å². The smallest absolute Gasteiger partial charge is 0.336 e. The molecular weight excluding hydrogens is 282 g/mol. The number of benzene rings is 1. The van der Waals surface area contributed by atoms with Gasteiger partial charge < -0.3 is 10.2 Å². The molecule has 6 nitrogen and oxygen atoms in total. The first-order valence-electron chi connectivity index (χ1n) is 6.35. The molecule has 0 aliphatic heterocycles. The average molecular weight is 301 g/mol. The summed E-state index contributed by atoms with van der Waals surface area (Å²) in [6, 6.07) is 4.00. The molecule has 1 aromatic carbocycles. The van der Waals surface area contributed by atoms with E-state index in [1.807, 2.05) is 0 Å². The lowest BCUT2D eigenvalue weighted by Crippen LogP contribution is -2.31. The number of carboxylic acids is 1. The minimum absolute atomic E-state index is 0.0218. The zero-order valence-corrected chi connectivity index (χ0v) is 12.3. The van der Waals surface area contributed by atoms with Crippen molar-refractivity contribution >= 4 is 16.0 Å². The van der Waals surface area contributed by atoms with Gasteiger partial charge in [0.2, 0.25) is 10.0 Å². The molecule has 0 aromatic heterocycles. The molecule has 1 unspecified atom stereocenters. The summed E-state index contributed by atoms with van der Waals surface area (Å²) >= 11 is 0. The van der Waals surface area contributed by atoms with Crippen molar-refractivity contribution in [3.63, 3.8) is 0 Å². The molecule has 1 atom stereocenters. The fourth-order valence-corrected chi connectivity index (χ4v) is 2.76. The zero-order chi connectivity index (χ0) is 15.3. The summed E-state index contributed by atoms with van der Waals surface area (Å²) in [5.41, 5.74) is 0.552. The van der Waals surface area contributed by atoms with Crippen molar-refractivity contribution in [1.29, 1.82) is 0 Å². The highest BCUT2D eigenvalue weighted by molar-refractivity contribution is 7.89. The molecule has 112 valence electrons. The van der Waals surface area contributed by atoms with Gasteiger partial charge >= 0.3 is 5.97 Å². The van der Waals surface area contributed by atoms with Crippen LogP contribution in [-0.2, 0) is 16.4 Å². The van der Waals surface area contributed by atoms with Gasteiger partial charge in [-0.05, 0) is 30.5 Å². The number of aromatic carboxylic acids is 1. The van der Waals surface area contributed by atoms with Crippen molar-refractivity contribution in [2.45, 2.75) is 37.7 Å². The molecule has 0 aliphatic rings. The van der Waals surface area contributed by atoms with Crippen LogP contribution in [0.4, 0.5) is 0 Å². The number of sulfonamides is 1. The Kier molecular flexibility index (Phi) is 5.67. The Hall–Kier alpha value is -1.44. The fourth-order valence-electron chi connectivity index (χ4n) is 1.66. The van der Waals surface area contributed by atoms with E-state index in [-0.39, 0.29) is 17.0 Å². The van der Waals surface area contributed by atoms with Crippen LogP contribution in [0.25, 0.3) is 0 Å². The number of aryl methyl sites for hydroxylation is 1. The maximum absolute atomic E-state index is 12.0. The molecule has 7 heteroatoms. The SMILES string of the molecule is CCc1ccc(S(=O)(=O)NCC(O)CC)cc1C(=O)O. The first kappa shape index (κ1) is 16.6. The molecule has 0 bridgehead atoms. The molecule has 0 spiro atoms. The zero-order valence-electron chi connectivity index (χ0n) is 11.5. The van der Waals surface area contributed by atoms with Crippen LogP contribution in [0.15, 0.2) is 23.1 Å². The Morgan fingerprint density at radius 3 is 2.50 bits per heavy atom. The number of carbonyl (C=O) groups is 1. The van der Waals surface area contributed by atoms with Crippen LogP contribution in [0.1, 0.15) is 36.2 Å². The van der Waals surface area contributed by atoms with Gasteiger partial charge in [-0.25, -0.2) is 17.9 Å². The highest BCUT2D eigenvalue weighted by Crippen LogP contribution is 2.17. The first-order valence-corrected chi connectivity index (χ1v) is 7.84. The maximum Gasteiger partial charge on any atom is 0.336 e. The van der Waals surface area contributed by atoms with Crippen LogP contribution in [0.5, 0.6) is 0 Å². The summed E-state index contributed by atoms with van der Waals surface area (Å²) in [5.74, 6) is -1.16. The van der Waals surface area contributed by atoms with Crippen LogP contribution in [0, 0.1) is 0 Å². The fraction of sp³-hybridized carbons (Fsp3) is 0.462. The van der Waals surface area contributed by atoms with E-state index in [4.69, 9.17) is 5.11 Å². The second kappa shape index (κ2) is 6.83. The third-order valence-corrected chi connectivity index (χ3v) is 4.40. The van der Waals surface area contributed by atoms with E-state index in [1.165, 1.54) is 12.1 Å². The number of carboxylic acid groups (broad SMARTS) is 1. The van der Waals surface area contributed by atoms with Gasteiger partial charge in [0.1, 0.15) is 0 Å². The predicted octanol–water partition coefficient (Wildman–Crippen LogP) is 0.996. The monoisotopic (exact) mass is 301 g/mol. The van der Waals surface area contributed by atoms with Gasteiger partial charge in [-0.1, -0.05) is 19.9 Å². The summed E-state index contributed by atoms with van der Waals surface area (Å²) < 4.78 is 26.3. The number of nitrogens with one attached hydrogen (secondary N) is 1. The van der Waals surface area contributed by atoms with E-state index in [9.17, 15) is 18.3 Å². The van der Waals surface area contributed by atoms with Crippen LogP contribution in [0.3, 0.4) is 0 Å². The lowest BCUT2D eigenvalue weighted by Gasteiger charge is -2.12. The van der Waals surface area contributed by atoms with Crippen molar-refractivity contribution in [3.8, 4) is 0 Å². The molecule has 20 heavy (non-hydrogen) atoms. The van der Waals surface area contributed by atoms with Gasteiger partial charge in [0, 0.05) is 6.54 Å². The highest BCUT2D eigenvalue weighted by Gasteiger charge is 2.19. The van der Waals surface area contributed by atoms with Gasteiger partial charge in [0.15, 0.2) is 0 Å². The summed E-state index contributed by atoms with van der Waals surface area (Å²) in [7, 11) is -3.82. The normalized spacial score (nSPS) is 13.2. The number of rotatable bonds is 7. The van der Waals surface area contributed by atoms with E-state index in [2.05, 4.69) is 4.72 Å². The Morgan fingerprint density at radius 1 is 1.35 bits per heavy atom. The highest BCUT2D eigenvalue weighted by atomic mass is 32.2. The molecule has 0 radical (unpaired) electrons. The topological polar surface area (TPSA) is 104 Å². The van der Waals surface area contributed by atoms with Gasteiger partial charge in [-0.2, -0.15) is 0 Å². The second-order valence-corrected chi connectivity index (χ2v) is 6.16. The number of hydrogen-bond acceptors (Lipinski definition) is 4. The average Bonchev–Trinajstić information content (AvgIpc) is 2.43. The van der Waals surface area contributed by atoms with E-state index in [1.54, 1.807) is 13.8 Å². The lowest BCUT2D eigenvalue weighted by atomic mass is 10.1. The van der Waals surface area contributed by atoms with Crippen molar-refractivity contribution in [2.75, 3.05) is 6.54 Å².